The van der Waals surface area contributed by atoms with Crippen molar-refractivity contribution < 1.29 is 39.5 Å². The summed E-state index contributed by atoms with van der Waals surface area (Å²) in [7, 11) is 0. The highest BCUT2D eigenvalue weighted by molar-refractivity contribution is 5.76. The summed E-state index contributed by atoms with van der Waals surface area (Å²) in [6.45, 7) is 0.145. The van der Waals surface area contributed by atoms with Crippen molar-refractivity contribution in [3.8, 4) is 0 Å². The maximum Gasteiger partial charge on any atom is 0.407 e. The van der Waals surface area contributed by atoms with Crippen LogP contribution < -0.4 is 10.6 Å². The van der Waals surface area contributed by atoms with Crippen LogP contribution in [0.3, 0.4) is 0 Å². The third kappa shape index (κ3) is 8.42. The largest absolute Gasteiger partial charge is 0.445 e. The quantitative estimate of drug-likeness (QED) is 0.258. The minimum absolute atomic E-state index is 0.196. The van der Waals surface area contributed by atoms with E-state index in [0.717, 1.165) is 24.8 Å². The van der Waals surface area contributed by atoms with Crippen LogP contribution in [-0.4, -0.2) is 76.2 Å². The van der Waals surface area contributed by atoms with Gasteiger partial charge in [0.25, 0.3) is 0 Å². The lowest BCUT2D eigenvalue weighted by molar-refractivity contribution is -0.236. The fraction of sp³-hybridized carbons (Fsp3) is 0.619. The Morgan fingerprint density at radius 2 is 1.68 bits per heavy atom. The molecule has 1 aliphatic rings. The van der Waals surface area contributed by atoms with E-state index < -0.39 is 43.3 Å². The van der Waals surface area contributed by atoms with Crippen molar-refractivity contribution >= 4 is 12.0 Å². The molecule has 1 saturated heterocycles. The lowest BCUT2D eigenvalue weighted by atomic mass is 9.98. The number of ether oxygens (including phenoxy) is 2. The van der Waals surface area contributed by atoms with Gasteiger partial charge in [-0.1, -0.05) is 43.2 Å². The number of carbonyl (C=O) groups excluding carboxylic acids is 2. The molecule has 31 heavy (non-hydrogen) atoms. The first kappa shape index (κ1) is 25.0. The van der Waals surface area contributed by atoms with E-state index in [1.54, 1.807) is 0 Å². The van der Waals surface area contributed by atoms with E-state index in [-0.39, 0.29) is 18.9 Å². The Kier molecular flexibility index (Phi) is 10.7. The first-order valence-corrected chi connectivity index (χ1v) is 10.5. The lowest BCUT2D eigenvalue weighted by Gasteiger charge is -2.40. The van der Waals surface area contributed by atoms with Crippen molar-refractivity contribution in [2.75, 3.05) is 13.2 Å². The van der Waals surface area contributed by atoms with Gasteiger partial charge in [-0.05, 0) is 18.4 Å². The summed E-state index contributed by atoms with van der Waals surface area (Å²) >= 11 is 0. The first-order valence-electron chi connectivity index (χ1n) is 10.5. The highest BCUT2D eigenvalue weighted by Crippen LogP contribution is 2.19. The summed E-state index contributed by atoms with van der Waals surface area (Å²) in [6.07, 6.45) is -4.09. The van der Waals surface area contributed by atoms with Gasteiger partial charge in [0.1, 0.15) is 31.0 Å². The van der Waals surface area contributed by atoms with Gasteiger partial charge < -0.3 is 40.5 Å². The van der Waals surface area contributed by atoms with Gasteiger partial charge in [-0.3, -0.25) is 4.79 Å². The molecule has 0 aromatic heterocycles. The minimum atomic E-state index is -1.52. The molecule has 0 bridgehead atoms. The van der Waals surface area contributed by atoms with Crippen molar-refractivity contribution in [2.45, 2.75) is 69.4 Å². The molecule has 0 spiro atoms. The maximum absolute atomic E-state index is 12.0. The maximum atomic E-state index is 12.0. The van der Waals surface area contributed by atoms with Gasteiger partial charge in [-0.15, -0.1) is 0 Å². The fourth-order valence-electron chi connectivity index (χ4n) is 3.18. The molecule has 0 saturated carbocycles. The second-order valence-electron chi connectivity index (χ2n) is 7.47. The van der Waals surface area contributed by atoms with Gasteiger partial charge in [0, 0.05) is 13.0 Å². The molecule has 6 N–H and O–H groups in total. The van der Waals surface area contributed by atoms with Crippen LogP contribution in [0.4, 0.5) is 4.79 Å². The van der Waals surface area contributed by atoms with Crippen molar-refractivity contribution in [3.63, 3.8) is 0 Å². The Labute approximate surface area is 181 Å². The molecule has 0 radical (unpaired) electrons. The van der Waals surface area contributed by atoms with Crippen LogP contribution in [0.5, 0.6) is 0 Å². The third-order valence-corrected chi connectivity index (χ3v) is 5.01. The van der Waals surface area contributed by atoms with E-state index in [1.807, 2.05) is 30.3 Å². The van der Waals surface area contributed by atoms with Crippen molar-refractivity contribution in [3.05, 3.63) is 35.9 Å². The van der Waals surface area contributed by atoms with Crippen molar-refractivity contribution in [2.24, 2.45) is 0 Å². The number of hydrogen-bond acceptors (Lipinski definition) is 8. The van der Waals surface area contributed by atoms with E-state index in [0.29, 0.717) is 13.0 Å². The van der Waals surface area contributed by atoms with Crippen LogP contribution in [0.15, 0.2) is 30.3 Å². The Bertz CT molecular complexity index is 673. The third-order valence-electron chi connectivity index (χ3n) is 5.01. The predicted molar refractivity (Wildman–Crippen MR) is 110 cm³/mol. The molecule has 0 unspecified atom stereocenters. The number of aliphatic hydroxyl groups is 4. The number of benzene rings is 1. The van der Waals surface area contributed by atoms with Crippen LogP contribution in [0.25, 0.3) is 0 Å². The Morgan fingerprint density at radius 1 is 0.968 bits per heavy atom. The van der Waals surface area contributed by atoms with E-state index in [2.05, 4.69) is 10.6 Å². The average Bonchev–Trinajstić information content (AvgIpc) is 2.78. The molecular formula is C21H32N2O8. The molecule has 5 atom stereocenters. The zero-order valence-corrected chi connectivity index (χ0v) is 17.4. The Balaban J connectivity index is 1.51. The van der Waals surface area contributed by atoms with E-state index in [1.165, 1.54) is 0 Å². The van der Waals surface area contributed by atoms with E-state index in [4.69, 9.17) is 14.6 Å². The molecule has 2 rings (SSSR count). The number of alkyl carbamates (subject to hydrolysis) is 1. The van der Waals surface area contributed by atoms with Crippen LogP contribution >= 0.6 is 0 Å². The normalized spacial score (nSPS) is 25.6. The molecule has 1 aliphatic heterocycles. The second-order valence-corrected chi connectivity index (χ2v) is 7.47. The van der Waals surface area contributed by atoms with Crippen LogP contribution in [0.1, 0.15) is 37.7 Å². The summed E-state index contributed by atoms with van der Waals surface area (Å²) in [5.41, 5.74) is 0.916. The van der Waals surface area contributed by atoms with E-state index in [9.17, 15) is 24.9 Å². The Morgan fingerprint density at radius 3 is 2.39 bits per heavy atom. The van der Waals surface area contributed by atoms with Crippen LogP contribution in [-0.2, 0) is 20.9 Å². The standard InChI is InChI=1S/C21H32N2O8/c24-12-15-17(26)18(27)19(28)20(31-15)23-16(25)10-6-1-2-7-11-22-21(29)30-13-14-8-4-3-5-9-14/h3-5,8-9,15,17-20,24,26-28H,1-2,6-7,10-13H2,(H,22,29)(H,23,25)/t15-,17+,18+,19-,20-/m1/s1. The molecule has 174 valence electrons. The van der Waals surface area contributed by atoms with Crippen LogP contribution in [0.2, 0.25) is 0 Å². The van der Waals surface area contributed by atoms with Crippen molar-refractivity contribution in [1.82, 2.24) is 10.6 Å². The van der Waals surface area contributed by atoms with Crippen molar-refractivity contribution in [1.29, 1.82) is 0 Å². The smallest absolute Gasteiger partial charge is 0.407 e. The van der Waals surface area contributed by atoms with Gasteiger partial charge in [-0.25, -0.2) is 4.79 Å². The molecular weight excluding hydrogens is 408 g/mol. The fourth-order valence-corrected chi connectivity index (χ4v) is 3.18. The number of unbranched alkanes of at least 4 members (excludes halogenated alkanes) is 3. The number of amides is 2. The summed E-state index contributed by atoms with van der Waals surface area (Å²) in [6, 6.07) is 9.39. The topological polar surface area (TPSA) is 158 Å². The van der Waals surface area contributed by atoms with Gasteiger partial charge in [0.05, 0.1) is 6.61 Å². The highest BCUT2D eigenvalue weighted by atomic mass is 16.6. The summed E-state index contributed by atoms with van der Waals surface area (Å²) in [5.74, 6) is -0.369. The number of carbonyl (C=O) groups is 2. The molecule has 1 fully saturated rings. The first-order chi connectivity index (χ1) is 14.9. The lowest BCUT2D eigenvalue weighted by Crippen LogP contribution is -2.63. The Hall–Kier alpha value is -2.24. The number of rotatable bonds is 11. The van der Waals surface area contributed by atoms with Crippen LogP contribution in [0, 0.1) is 0 Å². The highest BCUT2D eigenvalue weighted by Gasteiger charge is 2.43. The summed E-state index contributed by atoms with van der Waals surface area (Å²) in [5, 5.41) is 43.7. The van der Waals surface area contributed by atoms with Gasteiger partial charge >= 0.3 is 6.09 Å². The summed E-state index contributed by atoms with van der Waals surface area (Å²) < 4.78 is 10.4. The SMILES string of the molecule is O=C(CCCCCCNC(=O)OCc1ccccc1)N[C@@H]1O[C@H](CO)[C@H](O)[C@H](O)[C@H]1O. The van der Waals surface area contributed by atoms with Gasteiger partial charge in [0.2, 0.25) is 5.91 Å². The number of aliphatic hydroxyl groups excluding tert-OH is 4. The molecule has 10 heteroatoms. The monoisotopic (exact) mass is 440 g/mol. The molecule has 1 heterocycles. The average molecular weight is 440 g/mol. The number of hydrogen-bond donors (Lipinski definition) is 6. The van der Waals surface area contributed by atoms with Gasteiger partial charge in [0.15, 0.2) is 6.23 Å². The summed E-state index contributed by atoms with van der Waals surface area (Å²) in [4.78, 5) is 23.7. The van der Waals surface area contributed by atoms with E-state index >= 15 is 0 Å². The number of nitrogens with one attached hydrogen (secondary N) is 2. The zero-order valence-electron chi connectivity index (χ0n) is 17.4. The molecule has 10 nitrogen and oxygen atoms in total. The second kappa shape index (κ2) is 13.2. The molecule has 1 aromatic rings. The molecule has 1 aromatic carbocycles. The minimum Gasteiger partial charge on any atom is -0.445 e. The molecule has 0 aliphatic carbocycles. The zero-order chi connectivity index (χ0) is 22.6. The van der Waals surface area contributed by atoms with Gasteiger partial charge in [-0.2, -0.15) is 0 Å². The molecule has 2 amide bonds. The predicted octanol–water partition coefficient (Wildman–Crippen LogP) is -0.221.